The van der Waals surface area contributed by atoms with Crippen LogP contribution in [0.25, 0.3) is 0 Å². The summed E-state index contributed by atoms with van der Waals surface area (Å²) >= 11 is 3.53. The Bertz CT molecular complexity index is 507. The van der Waals surface area contributed by atoms with Gasteiger partial charge < -0.3 is 10.2 Å². The van der Waals surface area contributed by atoms with Gasteiger partial charge in [-0.05, 0) is 38.3 Å². The maximum atomic E-state index is 4.78. The second-order valence-corrected chi connectivity index (χ2v) is 6.85. The van der Waals surface area contributed by atoms with Crippen molar-refractivity contribution >= 4 is 27.8 Å². The van der Waals surface area contributed by atoms with E-state index in [1.807, 2.05) is 0 Å². The summed E-state index contributed by atoms with van der Waals surface area (Å²) in [6, 6.07) is 4.98. The lowest BCUT2D eigenvalue weighted by atomic mass is 10.2. The third kappa shape index (κ3) is 3.59. The Kier molecular flexibility index (Phi) is 5.57. The molecule has 2 heterocycles. The minimum absolute atomic E-state index is 0.324. The summed E-state index contributed by atoms with van der Waals surface area (Å²) in [5.41, 5.74) is 1.14. The predicted molar refractivity (Wildman–Crippen MR) is 90.0 cm³/mol. The largest absolute Gasteiger partial charge is 0.344 e. The van der Waals surface area contributed by atoms with Gasteiger partial charge in [-0.2, -0.15) is 0 Å². The molecule has 0 aliphatic rings. The molecule has 1 N–H and O–H groups in total. The molecule has 2 rings (SSSR count). The molecule has 0 amide bonds. The predicted octanol–water partition coefficient (Wildman–Crippen LogP) is 4.46. The number of nitrogens with one attached hydrogen (secondary N) is 1. The van der Waals surface area contributed by atoms with Crippen LogP contribution in [0.1, 0.15) is 49.8 Å². The lowest BCUT2D eigenvalue weighted by Crippen LogP contribution is -2.22. The van der Waals surface area contributed by atoms with Gasteiger partial charge in [0, 0.05) is 23.3 Å². The molecule has 0 fully saturated rings. The van der Waals surface area contributed by atoms with Gasteiger partial charge in [-0.15, -0.1) is 22.7 Å². The topological polar surface area (TPSA) is 28.2 Å². The van der Waals surface area contributed by atoms with E-state index in [1.165, 1.54) is 4.88 Å². The molecule has 2 aromatic rings. The highest BCUT2D eigenvalue weighted by Crippen LogP contribution is 2.31. The Morgan fingerprint density at radius 2 is 2.15 bits per heavy atom. The van der Waals surface area contributed by atoms with Gasteiger partial charge >= 0.3 is 0 Å². The summed E-state index contributed by atoms with van der Waals surface area (Å²) in [5.74, 6) is 0. The Morgan fingerprint density at radius 1 is 1.35 bits per heavy atom. The van der Waals surface area contributed by atoms with Crippen LogP contribution in [0.3, 0.4) is 0 Å². The van der Waals surface area contributed by atoms with Crippen LogP contribution >= 0.6 is 22.7 Å². The van der Waals surface area contributed by atoms with Crippen LogP contribution in [0.5, 0.6) is 0 Å². The SMILES string of the molecule is CCCNC(C)c1csc(N(C)C(C)c2cccs2)n1. The molecule has 110 valence electrons. The van der Waals surface area contributed by atoms with Crippen LogP contribution < -0.4 is 10.2 Å². The Morgan fingerprint density at radius 3 is 2.80 bits per heavy atom. The fourth-order valence-electron chi connectivity index (χ4n) is 1.99. The van der Waals surface area contributed by atoms with E-state index in [0.717, 1.165) is 23.8 Å². The summed E-state index contributed by atoms with van der Waals surface area (Å²) in [4.78, 5) is 8.41. The first kappa shape index (κ1) is 15.5. The number of hydrogen-bond acceptors (Lipinski definition) is 5. The van der Waals surface area contributed by atoms with Crippen LogP contribution in [0.15, 0.2) is 22.9 Å². The van der Waals surface area contributed by atoms with Crippen molar-refractivity contribution in [3.63, 3.8) is 0 Å². The highest BCUT2D eigenvalue weighted by Gasteiger charge is 2.17. The van der Waals surface area contributed by atoms with Crippen LogP contribution in [0.4, 0.5) is 5.13 Å². The molecule has 0 saturated heterocycles. The first-order valence-corrected chi connectivity index (χ1v) is 8.84. The smallest absolute Gasteiger partial charge is 0.185 e. The molecule has 0 saturated carbocycles. The fraction of sp³-hybridized carbons (Fsp3) is 0.533. The van der Waals surface area contributed by atoms with Gasteiger partial charge in [-0.3, -0.25) is 0 Å². The number of rotatable bonds is 7. The normalized spacial score (nSPS) is 14.2. The average Bonchev–Trinajstić information content (AvgIpc) is 3.13. The van der Waals surface area contributed by atoms with Crippen molar-refractivity contribution in [2.45, 2.75) is 39.3 Å². The maximum absolute atomic E-state index is 4.78. The Balaban J connectivity index is 2.04. The summed E-state index contributed by atoms with van der Waals surface area (Å²) in [7, 11) is 2.12. The first-order chi connectivity index (χ1) is 9.63. The van der Waals surface area contributed by atoms with Crippen molar-refractivity contribution in [2.24, 2.45) is 0 Å². The third-order valence-corrected chi connectivity index (χ3v) is 5.48. The summed E-state index contributed by atoms with van der Waals surface area (Å²) in [6.07, 6.45) is 1.15. The molecule has 0 spiro atoms. The van der Waals surface area contributed by atoms with E-state index in [0.29, 0.717) is 12.1 Å². The van der Waals surface area contributed by atoms with Crippen LogP contribution in [-0.4, -0.2) is 18.6 Å². The Labute approximate surface area is 129 Å². The fourth-order valence-corrected chi connectivity index (χ4v) is 3.78. The molecule has 0 bridgehead atoms. The van der Waals surface area contributed by atoms with Crippen LogP contribution in [-0.2, 0) is 0 Å². The van der Waals surface area contributed by atoms with Crippen molar-refractivity contribution in [3.8, 4) is 0 Å². The van der Waals surface area contributed by atoms with Crippen molar-refractivity contribution in [3.05, 3.63) is 33.5 Å². The molecular weight excluding hydrogens is 286 g/mol. The molecule has 20 heavy (non-hydrogen) atoms. The van der Waals surface area contributed by atoms with E-state index < -0.39 is 0 Å². The molecule has 3 nitrogen and oxygen atoms in total. The highest BCUT2D eigenvalue weighted by atomic mass is 32.1. The van der Waals surface area contributed by atoms with Crippen molar-refractivity contribution < 1.29 is 0 Å². The molecule has 2 unspecified atom stereocenters. The molecule has 0 aromatic carbocycles. The van der Waals surface area contributed by atoms with Gasteiger partial charge in [0.25, 0.3) is 0 Å². The molecule has 2 aromatic heterocycles. The zero-order valence-electron chi connectivity index (χ0n) is 12.6. The van der Waals surface area contributed by atoms with E-state index in [9.17, 15) is 0 Å². The van der Waals surface area contributed by atoms with Gasteiger partial charge in [-0.1, -0.05) is 13.0 Å². The average molecular weight is 310 g/mol. The van der Waals surface area contributed by atoms with Crippen LogP contribution in [0, 0.1) is 0 Å². The molecule has 2 atom stereocenters. The van der Waals surface area contributed by atoms with Gasteiger partial charge in [0.05, 0.1) is 11.7 Å². The zero-order chi connectivity index (χ0) is 14.5. The van der Waals surface area contributed by atoms with E-state index in [1.54, 1.807) is 22.7 Å². The van der Waals surface area contributed by atoms with E-state index in [4.69, 9.17) is 4.98 Å². The quantitative estimate of drug-likeness (QED) is 0.818. The zero-order valence-corrected chi connectivity index (χ0v) is 14.2. The van der Waals surface area contributed by atoms with Crippen molar-refractivity contribution in [1.29, 1.82) is 0 Å². The standard InChI is InChI=1S/C15H23N3S2/c1-5-8-16-11(2)13-10-20-15(17-13)18(4)12(3)14-7-6-9-19-14/h6-7,9-12,16H,5,8H2,1-4H3. The number of thiazole rings is 1. The number of anilines is 1. The number of nitrogens with zero attached hydrogens (tertiary/aromatic N) is 2. The van der Waals surface area contributed by atoms with Crippen molar-refractivity contribution in [2.75, 3.05) is 18.5 Å². The molecular formula is C15H23N3S2. The second-order valence-electron chi connectivity index (χ2n) is 5.03. The first-order valence-electron chi connectivity index (χ1n) is 7.08. The van der Waals surface area contributed by atoms with Gasteiger partial charge in [-0.25, -0.2) is 4.98 Å². The van der Waals surface area contributed by atoms with Gasteiger partial charge in [0.15, 0.2) is 5.13 Å². The summed E-state index contributed by atoms with van der Waals surface area (Å²) < 4.78 is 0. The maximum Gasteiger partial charge on any atom is 0.185 e. The third-order valence-electron chi connectivity index (χ3n) is 3.49. The number of thiophene rings is 1. The van der Waals surface area contributed by atoms with Gasteiger partial charge in [0.2, 0.25) is 0 Å². The van der Waals surface area contributed by atoms with E-state index in [2.05, 4.69) is 60.9 Å². The molecule has 0 aliphatic carbocycles. The lowest BCUT2D eigenvalue weighted by Gasteiger charge is -2.23. The molecule has 5 heteroatoms. The second kappa shape index (κ2) is 7.20. The van der Waals surface area contributed by atoms with E-state index in [-0.39, 0.29) is 0 Å². The van der Waals surface area contributed by atoms with Crippen LogP contribution in [0.2, 0.25) is 0 Å². The van der Waals surface area contributed by atoms with E-state index >= 15 is 0 Å². The highest BCUT2D eigenvalue weighted by molar-refractivity contribution is 7.13. The molecule has 0 aliphatic heterocycles. The summed E-state index contributed by atoms with van der Waals surface area (Å²) in [5, 5.41) is 8.87. The molecule has 0 radical (unpaired) electrons. The van der Waals surface area contributed by atoms with Crippen molar-refractivity contribution in [1.82, 2.24) is 10.3 Å². The summed E-state index contributed by atoms with van der Waals surface area (Å²) in [6.45, 7) is 7.63. The Hall–Kier alpha value is -0.910. The number of hydrogen-bond donors (Lipinski definition) is 1. The minimum atomic E-state index is 0.324. The lowest BCUT2D eigenvalue weighted by molar-refractivity contribution is 0.560. The minimum Gasteiger partial charge on any atom is -0.344 e. The monoisotopic (exact) mass is 309 g/mol. The number of aromatic nitrogens is 1. The van der Waals surface area contributed by atoms with Gasteiger partial charge in [0.1, 0.15) is 0 Å².